The van der Waals surface area contributed by atoms with Gasteiger partial charge in [-0.2, -0.15) is 0 Å². The fourth-order valence-electron chi connectivity index (χ4n) is 1.86. The summed E-state index contributed by atoms with van der Waals surface area (Å²) in [7, 11) is 0. The Morgan fingerprint density at radius 3 is 2.90 bits per heavy atom. The van der Waals surface area contributed by atoms with E-state index in [9.17, 15) is 9.18 Å². The summed E-state index contributed by atoms with van der Waals surface area (Å²) in [5, 5.41) is 13.2. The molecule has 2 aromatic heterocycles. The summed E-state index contributed by atoms with van der Waals surface area (Å²) in [4.78, 5) is 15.2. The number of rotatable bonds is 2. The Bertz CT molecular complexity index is 832. The van der Waals surface area contributed by atoms with Crippen LogP contribution in [-0.2, 0) is 0 Å². The van der Waals surface area contributed by atoms with Crippen molar-refractivity contribution in [2.45, 2.75) is 0 Å². The zero-order valence-corrected chi connectivity index (χ0v) is 11.5. The molecule has 0 saturated heterocycles. The van der Waals surface area contributed by atoms with Crippen LogP contribution in [0.4, 0.5) is 4.39 Å². The number of fused-ring (bicyclic) bond motifs is 1. The van der Waals surface area contributed by atoms with Crippen molar-refractivity contribution in [3.05, 3.63) is 52.4 Å². The Hall–Kier alpha value is -2.28. The van der Waals surface area contributed by atoms with Gasteiger partial charge in [-0.05, 0) is 30.3 Å². The summed E-state index contributed by atoms with van der Waals surface area (Å²) in [5.74, 6) is -1.44. The van der Waals surface area contributed by atoms with E-state index in [1.165, 1.54) is 16.6 Å². The average Bonchev–Trinajstić information content (AvgIpc) is 2.84. The first-order valence-electron chi connectivity index (χ1n) is 5.60. The zero-order valence-electron chi connectivity index (χ0n) is 9.92. The van der Waals surface area contributed by atoms with Crippen molar-refractivity contribution in [2.75, 3.05) is 0 Å². The minimum atomic E-state index is -1.11. The summed E-state index contributed by atoms with van der Waals surface area (Å²) in [5.41, 5.74) is 0.399. The quantitative estimate of drug-likeness (QED) is 0.781. The van der Waals surface area contributed by atoms with Crippen LogP contribution in [0.25, 0.3) is 17.0 Å². The number of hydrogen-bond acceptors (Lipinski definition) is 3. The molecule has 0 atom stereocenters. The third kappa shape index (κ3) is 2.05. The Kier molecular flexibility index (Phi) is 2.98. The second-order valence-electron chi connectivity index (χ2n) is 4.05. The summed E-state index contributed by atoms with van der Waals surface area (Å²) in [6.07, 6.45) is 1.56. The molecule has 0 aliphatic heterocycles. The summed E-state index contributed by atoms with van der Waals surface area (Å²) >= 11 is 3.25. The Morgan fingerprint density at radius 1 is 1.35 bits per heavy atom. The molecule has 20 heavy (non-hydrogen) atoms. The van der Waals surface area contributed by atoms with Crippen molar-refractivity contribution < 1.29 is 14.3 Å². The average molecular weight is 336 g/mol. The molecule has 0 saturated carbocycles. The van der Waals surface area contributed by atoms with E-state index in [0.29, 0.717) is 4.47 Å². The molecule has 3 rings (SSSR count). The number of nitrogens with zero attached hydrogens (tertiary/aromatic N) is 3. The molecule has 1 N–H and O–H groups in total. The van der Waals surface area contributed by atoms with Crippen LogP contribution < -0.4 is 0 Å². The highest BCUT2D eigenvalue weighted by Crippen LogP contribution is 2.24. The van der Waals surface area contributed by atoms with Crippen molar-refractivity contribution >= 4 is 27.5 Å². The molecule has 3 aromatic rings. The van der Waals surface area contributed by atoms with Crippen molar-refractivity contribution in [3.63, 3.8) is 0 Å². The molecule has 0 amide bonds. The monoisotopic (exact) mass is 335 g/mol. The number of carbonyl (C=O) groups is 1. The van der Waals surface area contributed by atoms with Crippen LogP contribution in [-0.4, -0.2) is 25.7 Å². The molecule has 100 valence electrons. The van der Waals surface area contributed by atoms with Gasteiger partial charge >= 0.3 is 5.97 Å². The maximum absolute atomic E-state index is 13.8. The molecule has 0 unspecified atom stereocenters. The predicted octanol–water partition coefficient (Wildman–Crippen LogP) is 3.00. The summed E-state index contributed by atoms with van der Waals surface area (Å²) in [6.45, 7) is 0. The van der Waals surface area contributed by atoms with Crippen LogP contribution >= 0.6 is 15.9 Å². The van der Waals surface area contributed by atoms with E-state index in [2.05, 4.69) is 26.0 Å². The number of carboxylic acids is 1. The molecule has 7 heteroatoms. The predicted molar refractivity (Wildman–Crippen MR) is 73.0 cm³/mol. The fraction of sp³-hybridized carbons (Fsp3) is 0. The minimum absolute atomic E-state index is 0.0154. The van der Waals surface area contributed by atoms with Crippen LogP contribution in [0.2, 0.25) is 0 Å². The molecule has 0 bridgehead atoms. The first-order chi connectivity index (χ1) is 9.56. The van der Waals surface area contributed by atoms with Crippen LogP contribution in [0.15, 0.2) is 41.0 Å². The fourth-order valence-corrected chi connectivity index (χ4v) is 2.22. The molecule has 0 aliphatic carbocycles. The van der Waals surface area contributed by atoms with Gasteiger partial charge in [0.2, 0.25) is 0 Å². The number of aromatic nitrogens is 3. The number of pyridine rings is 1. The number of halogens is 2. The van der Waals surface area contributed by atoms with E-state index in [4.69, 9.17) is 5.11 Å². The van der Waals surface area contributed by atoms with Crippen LogP contribution in [0.5, 0.6) is 0 Å². The van der Waals surface area contributed by atoms with E-state index >= 15 is 0 Å². The maximum Gasteiger partial charge on any atom is 0.339 e. The van der Waals surface area contributed by atoms with Crippen LogP contribution in [0.3, 0.4) is 0 Å². The highest BCUT2D eigenvalue weighted by Gasteiger charge is 2.16. The minimum Gasteiger partial charge on any atom is -0.478 e. The first-order valence-corrected chi connectivity index (χ1v) is 6.39. The standard InChI is InChI=1S/C13H7BrFN3O2/c14-7-3-4-10(15)9(6-7)11-16-12-8(13(19)20)2-1-5-18(12)17-11/h1-6H,(H,19,20). The Balaban J connectivity index is 2.26. The largest absolute Gasteiger partial charge is 0.478 e. The molecule has 0 aliphatic rings. The van der Waals surface area contributed by atoms with Gasteiger partial charge in [0.05, 0.1) is 5.56 Å². The van der Waals surface area contributed by atoms with Gasteiger partial charge in [0.1, 0.15) is 11.4 Å². The van der Waals surface area contributed by atoms with E-state index < -0.39 is 11.8 Å². The van der Waals surface area contributed by atoms with Gasteiger partial charge in [0, 0.05) is 10.7 Å². The molecule has 0 spiro atoms. The molecular weight excluding hydrogens is 329 g/mol. The van der Waals surface area contributed by atoms with Crippen molar-refractivity contribution in [1.29, 1.82) is 0 Å². The highest BCUT2D eigenvalue weighted by atomic mass is 79.9. The van der Waals surface area contributed by atoms with Gasteiger partial charge < -0.3 is 5.11 Å². The lowest BCUT2D eigenvalue weighted by Crippen LogP contribution is -2.00. The lowest BCUT2D eigenvalue weighted by Gasteiger charge is -1.98. The molecule has 2 heterocycles. The van der Waals surface area contributed by atoms with E-state index in [-0.39, 0.29) is 22.6 Å². The topological polar surface area (TPSA) is 67.5 Å². The second kappa shape index (κ2) is 4.68. The van der Waals surface area contributed by atoms with Crippen molar-refractivity contribution in [2.24, 2.45) is 0 Å². The van der Waals surface area contributed by atoms with Gasteiger partial charge in [-0.25, -0.2) is 18.7 Å². The Morgan fingerprint density at radius 2 is 2.15 bits per heavy atom. The summed E-state index contributed by atoms with van der Waals surface area (Å²) in [6, 6.07) is 7.38. The van der Waals surface area contributed by atoms with Gasteiger partial charge in [-0.3, -0.25) is 0 Å². The van der Waals surface area contributed by atoms with Crippen LogP contribution in [0, 0.1) is 5.82 Å². The maximum atomic E-state index is 13.8. The lowest BCUT2D eigenvalue weighted by atomic mass is 10.2. The van der Waals surface area contributed by atoms with Crippen molar-refractivity contribution in [1.82, 2.24) is 14.6 Å². The number of carboxylic acid groups (broad SMARTS) is 1. The third-order valence-electron chi connectivity index (χ3n) is 2.76. The van der Waals surface area contributed by atoms with Gasteiger partial charge in [0.25, 0.3) is 0 Å². The normalized spacial score (nSPS) is 10.9. The van der Waals surface area contributed by atoms with Gasteiger partial charge in [-0.1, -0.05) is 15.9 Å². The highest BCUT2D eigenvalue weighted by molar-refractivity contribution is 9.10. The van der Waals surface area contributed by atoms with Gasteiger partial charge in [-0.15, -0.1) is 5.10 Å². The lowest BCUT2D eigenvalue weighted by molar-refractivity contribution is 0.0698. The number of hydrogen-bond donors (Lipinski definition) is 1. The summed E-state index contributed by atoms with van der Waals surface area (Å²) < 4.78 is 15.8. The number of aromatic carboxylic acids is 1. The molecular formula is C13H7BrFN3O2. The van der Waals surface area contributed by atoms with E-state index in [1.807, 2.05) is 0 Å². The Labute approximate surface area is 120 Å². The molecule has 0 radical (unpaired) electrons. The van der Waals surface area contributed by atoms with E-state index in [0.717, 1.165) is 0 Å². The zero-order chi connectivity index (χ0) is 14.3. The SMILES string of the molecule is O=C(O)c1cccn2nc(-c3cc(Br)ccc3F)nc12. The van der Waals surface area contributed by atoms with Gasteiger partial charge in [0.15, 0.2) is 11.5 Å². The van der Waals surface area contributed by atoms with E-state index in [1.54, 1.807) is 24.4 Å². The molecule has 1 aromatic carbocycles. The number of benzene rings is 1. The third-order valence-corrected chi connectivity index (χ3v) is 3.26. The second-order valence-corrected chi connectivity index (χ2v) is 4.97. The molecule has 0 fully saturated rings. The molecule has 5 nitrogen and oxygen atoms in total. The first kappa shape index (κ1) is 12.7. The smallest absolute Gasteiger partial charge is 0.339 e. The van der Waals surface area contributed by atoms with Crippen LogP contribution in [0.1, 0.15) is 10.4 Å². The van der Waals surface area contributed by atoms with Crippen molar-refractivity contribution in [3.8, 4) is 11.4 Å².